The van der Waals surface area contributed by atoms with Gasteiger partial charge in [0.25, 0.3) is 0 Å². The summed E-state index contributed by atoms with van der Waals surface area (Å²) in [5.41, 5.74) is 5.97. The monoisotopic (exact) mass is 502 g/mol. The van der Waals surface area contributed by atoms with E-state index in [1.54, 1.807) is 0 Å². The molecule has 2 N–H and O–H groups in total. The third kappa shape index (κ3) is 4.69. The van der Waals surface area contributed by atoms with Gasteiger partial charge in [-0.3, -0.25) is 4.79 Å². The second-order valence-electron chi connectivity index (χ2n) is 9.57. The van der Waals surface area contributed by atoms with Crippen LogP contribution in [0.4, 0.5) is 11.4 Å². The van der Waals surface area contributed by atoms with Crippen molar-refractivity contribution in [2.45, 2.75) is 39.3 Å². The first-order valence-corrected chi connectivity index (χ1v) is 12.0. The van der Waals surface area contributed by atoms with Gasteiger partial charge < -0.3 is 15.4 Å². The van der Waals surface area contributed by atoms with Gasteiger partial charge in [0.2, 0.25) is 0 Å². The first kappa shape index (κ1) is 21.8. The minimum Gasteiger partial charge on any atom is -0.489 e. The second kappa shape index (κ2) is 8.71. The van der Waals surface area contributed by atoms with Crippen molar-refractivity contribution in [3.63, 3.8) is 0 Å². The van der Waals surface area contributed by atoms with Crippen molar-refractivity contribution in [3.05, 3.63) is 99.7 Å². The van der Waals surface area contributed by atoms with E-state index in [1.807, 2.05) is 48.5 Å². The van der Waals surface area contributed by atoms with Crippen molar-refractivity contribution in [1.29, 1.82) is 0 Å². The molecule has 0 saturated heterocycles. The van der Waals surface area contributed by atoms with Gasteiger partial charge in [-0.15, -0.1) is 0 Å². The van der Waals surface area contributed by atoms with Gasteiger partial charge in [0.1, 0.15) is 12.4 Å². The molecule has 1 aliphatic heterocycles. The van der Waals surface area contributed by atoms with Crippen molar-refractivity contribution in [3.8, 4) is 5.75 Å². The number of hydrogen-bond acceptors (Lipinski definition) is 4. The van der Waals surface area contributed by atoms with Crippen LogP contribution in [-0.2, 0) is 11.4 Å². The number of fused-ring (bicyclic) bond motifs is 1. The quantitative estimate of drug-likeness (QED) is 0.394. The molecular weight excluding hydrogens is 476 g/mol. The van der Waals surface area contributed by atoms with E-state index in [0.717, 1.165) is 50.4 Å². The average Bonchev–Trinajstić information content (AvgIpc) is 2.95. The highest BCUT2D eigenvalue weighted by molar-refractivity contribution is 9.10. The van der Waals surface area contributed by atoms with Gasteiger partial charge in [-0.25, -0.2) is 0 Å². The minimum atomic E-state index is -0.208. The van der Waals surface area contributed by atoms with Gasteiger partial charge in [-0.2, -0.15) is 0 Å². The Kier molecular flexibility index (Phi) is 5.75. The van der Waals surface area contributed by atoms with Crippen molar-refractivity contribution >= 4 is 33.1 Å². The molecule has 2 aliphatic rings. The highest BCUT2D eigenvalue weighted by Crippen LogP contribution is 2.45. The van der Waals surface area contributed by atoms with Gasteiger partial charge in [-0.1, -0.05) is 66.2 Å². The largest absolute Gasteiger partial charge is 0.489 e. The fraction of sp³-hybridized carbons (Fsp3) is 0.250. The van der Waals surface area contributed by atoms with Crippen LogP contribution < -0.4 is 15.4 Å². The maximum Gasteiger partial charge on any atom is 0.163 e. The van der Waals surface area contributed by atoms with E-state index >= 15 is 0 Å². The number of carbonyl (C=O) groups is 1. The normalized spacial score (nSPS) is 19.0. The minimum absolute atomic E-state index is 0.0581. The number of ketones is 1. The molecule has 3 aromatic carbocycles. The Morgan fingerprint density at radius 3 is 2.36 bits per heavy atom. The number of allylic oxidation sites excluding steroid dienone is 1. The molecule has 33 heavy (non-hydrogen) atoms. The van der Waals surface area contributed by atoms with E-state index in [-0.39, 0.29) is 17.2 Å². The zero-order valence-electron chi connectivity index (χ0n) is 18.8. The third-order valence-electron chi connectivity index (χ3n) is 6.25. The van der Waals surface area contributed by atoms with Crippen molar-refractivity contribution in [2.24, 2.45) is 5.41 Å². The molecule has 1 aliphatic carbocycles. The summed E-state index contributed by atoms with van der Waals surface area (Å²) < 4.78 is 7.04. The summed E-state index contributed by atoms with van der Waals surface area (Å²) in [6.07, 6.45) is 1.39. The van der Waals surface area contributed by atoms with E-state index in [9.17, 15) is 4.79 Å². The summed E-state index contributed by atoms with van der Waals surface area (Å²) in [5.74, 6) is 1.01. The molecule has 3 aromatic rings. The van der Waals surface area contributed by atoms with Crippen LogP contribution >= 0.6 is 15.9 Å². The van der Waals surface area contributed by atoms with Crippen molar-refractivity contribution in [2.75, 3.05) is 10.6 Å². The molecule has 0 saturated carbocycles. The van der Waals surface area contributed by atoms with E-state index in [2.05, 4.69) is 64.7 Å². The van der Waals surface area contributed by atoms with Crippen LogP contribution in [0.3, 0.4) is 0 Å². The molecule has 1 atom stereocenters. The van der Waals surface area contributed by atoms with Crippen LogP contribution in [0.15, 0.2) is 88.5 Å². The number of para-hydroxylation sites is 2. The number of nitrogens with one attached hydrogen (secondary N) is 2. The zero-order chi connectivity index (χ0) is 23.0. The Balaban J connectivity index is 1.43. The fourth-order valence-electron chi connectivity index (χ4n) is 4.64. The lowest BCUT2D eigenvalue weighted by Crippen LogP contribution is -2.31. The summed E-state index contributed by atoms with van der Waals surface area (Å²) in [6.45, 7) is 4.83. The van der Waals surface area contributed by atoms with Gasteiger partial charge in [0, 0.05) is 22.2 Å². The predicted molar refractivity (Wildman–Crippen MR) is 136 cm³/mol. The topological polar surface area (TPSA) is 50.4 Å². The van der Waals surface area contributed by atoms with Crippen LogP contribution in [0.5, 0.6) is 5.75 Å². The van der Waals surface area contributed by atoms with Gasteiger partial charge in [-0.05, 0) is 59.4 Å². The Bertz CT molecular complexity index is 1210. The number of Topliss-reactive ketones (excluding diaryl/α,β-unsaturated/α-hetero) is 1. The highest BCUT2D eigenvalue weighted by atomic mass is 79.9. The molecule has 0 amide bonds. The van der Waals surface area contributed by atoms with Gasteiger partial charge in [0.15, 0.2) is 5.78 Å². The highest BCUT2D eigenvalue weighted by Gasteiger charge is 2.38. The lowest BCUT2D eigenvalue weighted by molar-refractivity contribution is -0.118. The maximum atomic E-state index is 13.3. The molecular formula is C28H27BrN2O2. The maximum absolute atomic E-state index is 13.3. The summed E-state index contributed by atoms with van der Waals surface area (Å²) >= 11 is 3.46. The molecule has 168 valence electrons. The molecule has 0 aromatic heterocycles. The summed E-state index contributed by atoms with van der Waals surface area (Å²) in [4.78, 5) is 13.3. The van der Waals surface area contributed by atoms with Crippen molar-refractivity contribution < 1.29 is 9.53 Å². The van der Waals surface area contributed by atoms with Crippen LogP contribution in [0, 0.1) is 5.41 Å². The van der Waals surface area contributed by atoms with E-state index < -0.39 is 0 Å². The van der Waals surface area contributed by atoms with E-state index in [1.165, 1.54) is 0 Å². The molecule has 0 fully saturated rings. The smallest absolute Gasteiger partial charge is 0.163 e. The second-order valence-corrected chi connectivity index (χ2v) is 10.5. The number of anilines is 2. The van der Waals surface area contributed by atoms with E-state index in [0.29, 0.717) is 13.0 Å². The van der Waals surface area contributed by atoms with Crippen LogP contribution in [0.25, 0.3) is 0 Å². The molecule has 1 unspecified atom stereocenters. The van der Waals surface area contributed by atoms with Crippen molar-refractivity contribution in [1.82, 2.24) is 0 Å². The Hall–Kier alpha value is -3.05. The lowest BCUT2D eigenvalue weighted by Gasteiger charge is -2.34. The number of rotatable bonds is 4. The average molecular weight is 503 g/mol. The molecule has 4 nitrogen and oxygen atoms in total. The molecule has 0 bridgehead atoms. The number of benzene rings is 3. The molecule has 5 rings (SSSR count). The Morgan fingerprint density at radius 1 is 0.939 bits per heavy atom. The van der Waals surface area contributed by atoms with Crippen LogP contribution in [0.1, 0.15) is 43.9 Å². The number of carbonyl (C=O) groups excluding carboxylic acids is 1. The first-order chi connectivity index (χ1) is 15.9. The molecule has 1 heterocycles. The third-order valence-corrected chi connectivity index (χ3v) is 6.78. The summed E-state index contributed by atoms with van der Waals surface area (Å²) in [7, 11) is 0. The van der Waals surface area contributed by atoms with Gasteiger partial charge >= 0.3 is 0 Å². The SMILES string of the molecule is CC1(C)CC(=O)C2=C(C1)Nc1ccccc1NC2c1ccc(OCc2ccc(Br)cc2)cc1. The lowest BCUT2D eigenvalue weighted by atomic mass is 9.73. The number of halogens is 1. The first-order valence-electron chi connectivity index (χ1n) is 11.2. The standard InChI is InChI=1S/C28H27BrN2O2/c1-28(2)15-24-26(25(32)16-28)27(31-23-6-4-3-5-22(23)30-24)19-9-13-21(14-10-19)33-17-18-7-11-20(29)12-8-18/h3-14,27,30-31H,15-17H2,1-2H3. The summed E-state index contributed by atoms with van der Waals surface area (Å²) in [6, 6.07) is 24.1. The predicted octanol–water partition coefficient (Wildman–Crippen LogP) is 7.25. The molecule has 5 heteroatoms. The van der Waals surface area contributed by atoms with Gasteiger partial charge in [0.05, 0.1) is 17.4 Å². The Morgan fingerprint density at radius 2 is 1.64 bits per heavy atom. The van der Waals surface area contributed by atoms with E-state index in [4.69, 9.17) is 4.74 Å². The molecule has 0 spiro atoms. The van der Waals surface area contributed by atoms with Crippen LogP contribution in [-0.4, -0.2) is 5.78 Å². The van der Waals surface area contributed by atoms with Crippen LogP contribution in [0.2, 0.25) is 0 Å². The summed E-state index contributed by atoms with van der Waals surface area (Å²) in [5, 5.41) is 7.20. The molecule has 0 radical (unpaired) electrons. The fourth-order valence-corrected chi connectivity index (χ4v) is 4.91. The Labute approximate surface area is 203 Å². The number of ether oxygens (including phenoxy) is 1. The zero-order valence-corrected chi connectivity index (χ0v) is 20.4. The number of hydrogen-bond donors (Lipinski definition) is 2.